The molecule has 0 radical (unpaired) electrons. The highest BCUT2D eigenvalue weighted by Gasteiger charge is 2.27. The highest BCUT2D eigenvalue weighted by Crippen LogP contribution is 2.27. The molecule has 7 nitrogen and oxygen atoms in total. The van der Waals surface area contributed by atoms with E-state index in [0.29, 0.717) is 13.0 Å². The van der Waals surface area contributed by atoms with Crippen molar-refractivity contribution >= 4 is 17.5 Å². The van der Waals surface area contributed by atoms with Crippen molar-refractivity contribution in [2.45, 2.75) is 12.5 Å². The summed E-state index contributed by atoms with van der Waals surface area (Å²) < 4.78 is 13.0. The van der Waals surface area contributed by atoms with E-state index < -0.39 is 16.8 Å². The zero-order chi connectivity index (χ0) is 14.0. The second-order valence-corrected chi connectivity index (χ2v) is 4.28. The van der Waals surface area contributed by atoms with Crippen molar-refractivity contribution in [1.82, 2.24) is 4.90 Å². The fourth-order valence-corrected chi connectivity index (χ4v) is 2.05. The van der Waals surface area contributed by atoms with E-state index >= 15 is 0 Å². The molecule has 1 fully saturated rings. The van der Waals surface area contributed by atoms with Crippen molar-refractivity contribution in [3.8, 4) is 0 Å². The Bertz CT molecular complexity index is 523. The molecule has 1 heterocycles. The van der Waals surface area contributed by atoms with Gasteiger partial charge in [0.25, 0.3) is 5.69 Å². The van der Waals surface area contributed by atoms with Crippen molar-refractivity contribution in [1.29, 1.82) is 0 Å². The second kappa shape index (κ2) is 5.09. The smallest absolute Gasteiger partial charge is 0.407 e. The van der Waals surface area contributed by atoms with Crippen molar-refractivity contribution in [3.63, 3.8) is 0 Å². The largest absolute Gasteiger partial charge is 0.465 e. The lowest BCUT2D eigenvalue weighted by Gasteiger charge is -2.15. The molecule has 2 rings (SSSR count). The summed E-state index contributed by atoms with van der Waals surface area (Å²) in [4.78, 5) is 22.1. The summed E-state index contributed by atoms with van der Waals surface area (Å²) in [5.74, 6) is -0.684. The van der Waals surface area contributed by atoms with Crippen LogP contribution in [-0.2, 0) is 0 Å². The number of anilines is 1. The molecule has 19 heavy (non-hydrogen) atoms. The number of nitrogens with one attached hydrogen (secondary N) is 1. The number of amides is 1. The topological polar surface area (TPSA) is 95.7 Å². The van der Waals surface area contributed by atoms with Crippen LogP contribution in [0.3, 0.4) is 0 Å². The minimum absolute atomic E-state index is 0.198. The van der Waals surface area contributed by atoms with Crippen LogP contribution in [0, 0.1) is 15.9 Å². The van der Waals surface area contributed by atoms with Gasteiger partial charge in [0.15, 0.2) is 0 Å². The summed E-state index contributed by atoms with van der Waals surface area (Å²) in [7, 11) is 0. The first kappa shape index (κ1) is 13.1. The number of benzene rings is 1. The normalized spacial score (nSPS) is 18.4. The predicted octanol–water partition coefficient (Wildman–Crippen LogP) is 1.90. The summed E-state index contributed by atoms with van der Waals surface area (Å²) in [6.45, 7) is 0.631. The van der Waals surface area contributed by atoms with Crippen molar-refractivity contribution in [3.05, 3.63) is 34.1 Å². The maximum absolute atomic E-state index is 13.0. The number of nitrogens with zero attached hydrogens (tertiary/aromatic N) is 2. The Morgan fingerprint density at radius 1 is 1.58 bits per heavy atom. The van der Waals surface area contributed by atoms with Gasteiger partial charge in [0.1, 0.15) is 11.5 Å². The third-order valence-corrected chi connectivity index (χ3v) is 2.97. The maximum Gasteiger partial charge on any atom is 0.407 e. The van der Waals surface area contributed by atoms with Crippen LogP contribution >= 0.6 is 0 Å². The molecular weight excluding hydrogens is 257 g/mol. The maximum atomic E-state index is 13.0. The van der Waals surface area contributed by atoms with Crippen molar-refractivity contribution in [2.24, 2.45) is 0 Å². The predicted molar refractivity (Wildman–Crippen MR) is 64.7 cm³/mol. The quantitative estimate of drug-likeness (QED) is 0.645. The van der Waals surface area contributed by atoms with Gasteiger partial charge in [0, 0.05) is 19.1 Å². The lowest BCUT2D eigenvalue weighted by Crippen LogP contribution is -2.30. The molecule has 0 saturated carbocycles. The molecule has 0 aromatic heterocycles. The average molecular weight is 269 g/mol. The number of nitro benzene ring substituents is 1. The van der Waals surface area contributed by atoms with Gasteiger partial charge in [0.05, 0.1) is 11.0 Å². The molecule has 1 atom stereocenters. The Morgan fingerprint density at radius 3 is 2.89 bits per heavy atom. The molecular formula is C11H12FN3O4. The molecule has 1 aliphatic rings. The molecule has 1 amide bonds. The average Bonchev–Trinajstić information content (AvgIpc) is 2.80. The summed E-state index contributed by atoms with van der Waals surface area (Å²) in [6.07, 6.45) is -0.459. The van der Waals surface area contributed by atoms with E-state index in [1.165, 1.54) is 11.0 Å². The Morgan fingerprint density at radius 2 is 2.32 bits per heavy atom. The van der Waals surface area contributed by atoms with E-state index in [0.717, 1.165) is 12.1 Å². The number of carboxylic acid groups (broad SMARTS) is 1. The second-order valence-electron chi connectivity index (χ2n) is 4.28. The Kier molecular flexibility index (Phi) is 3.50. The van der Waals surface area contributed by atoms with E-state index in [9.17, 15) is 19.3 Å². The first-order valence-corrected chi connectivity index (χ1v) is 5.65. The van der Waals surface area contributed by atoms with Gasteiger partial charge in [-0.2, -0.15) is 0 Å². The fraction of sp³-hybridized carbons (Fsp3) is 0.364. The lowest BCUT2D eigenvalue weighted by atomic mass is 10.2. The third kappa shape index (κ3) is 2.90. The van der Waals surface area contributed by atoms with E-state index in [2.05, 4.69) is 5.32 Å². The molecule has 8 heteroatoms. The fourth-order valence-electron chi connectivity index (χ4n) is 2.05. The van der Waals surface area contributed by atoms with Crippen LogP contribution < -0.4 is 5.32 Å². The van der Waals surface area contributed by atoms with Crippen LogP contribution in [0.4, 0.5) is 20.6 Å². The van der Waals surface area contributed by atoms with E-state index in [-0.39, 0.29) is 24.0 Å². The van der Waals surface area contributed by atoms with Gasteiger partial charge >= 0.3 is 6.09 Å². The SMILES string of the molecule is O=C(O)N1CCC(Nc2ccc(F)cc2[N+](=O)[O-])C1. The van der Waals surface area contributed by atoms with Gasteiger partial charge in [-0.25, -0.2) is 9.18 Å². The Labute approximate surface area is 107 Å². The molecule has 0 spiro atoms. The Balaban J connectivity index is 2.12. The number of rotatable bonds is 3. The van der Waals surface area contributed by atoms with Gasteiger partial charge in [0.2, 0.25) is 0 Å². The van der Waals surface area contributed by atoms with Crippen LogP contribution in [0.25, 0.3) is 0 Å². The monoisotopic (exact) mass is 269 g/mol. The highest BCUT2D eigenvalue weighted by molar-refractivity contribution is 5.66. The summed E-state index contributed by atoms with van der Waals surface area (Å²) in [5, 5.41) is 22.5. The molecule has 1 aromatic rings. The van der Waals surface area contributed by atoms with E-state index in [4.69, 9.17) is 5.11 Å². The van der Waals surface area contributed by atoms with Gasteiger partial charge < -0.3 is 15.3 Å². The van der Waals surface area contributed by atoms with E-state index in [1.807, 2.05) is 0 Å². The number of hydrogen-bond donors (Lipinski definition) is 2. The highest BCUT2D eigenvalue weighted by atomic mass is 19.1. The molecule has 102 valence electrons. The first-order chi connectivity index (χ1) is 8.97. The summed E-state index contributed by atoms with van der Waals surface area (Å²) >= 11 is 0. The van der Waals surface area contributed by atoms with Crippen LogP contribution in [0.5, 0.6) is 0 Å². The third-order valence-electron chi connectivity index (χ3n) is 2.97. The number of carbonyl (C=O) groups is 1. The van der Waals surface area contributed by atoms with Crippen molar-refractivity contribution in [2.75, 3.05) is 18.4 Å². The van der Waals surface area contributed by atoms with Gasteiger partial charge in [-0.15, -0.1) is 0 Å². The molecule has 1 aliphatic heterocycles. The minimum atomic E-state index is -1.02. The molecule has 1 aromatic carbocycles. The van der Waals surface area contributed by atoms with Gasteiger partial charge in [-0.05, 0) is 18.6 Å². The van der Waals surface area contributed by atoms with Gasteiger partial charge in [-0.1, -0.05) is 0 Å². The number of halogens is 1. The standard InChI is InChI=1S/C11H12FN3O4/c12-7-1-2-9(10(5-7)15(18)19)13-8-3-4-14(6-8)11(16)17/h1-2,5,8,13H,3-4,6H2,(H,16,17). The zero-order valence-corrected chi connectivity index (χ0v) is 9.88. The minimum Gasteiger partial charge on any atom is -0.465 e. The van der Waals surface area contributed by atoms with E-state index in [1.54, 1.807) is 0 Å². The van der Waals surface area contributed by atoms with Crippen molar-refractivity contribution < 1.29 is 19.2 Å². The molecule has 1 saturated heterocycles. The summed E-state index contributed by atoms with van der Waals surface area (Å²) in [6, 6.07) is 3.04. The van der Waals surface area contributed by atoms with Crippen LogP contribution in [0.2, 0.25) is 0 Å². The number of nitro groups is 1. The van der Waals surface area contributed by atoms with Crippen LogP contribution in [-0.4, -0.2) is 40.2 Å². The summed E-state index contributed by atoms with van der Waals surface area (Å²) in [5.41, 5.74) is -0.155. The van der Waals surface area contributed by atoms with Crippen LogP contribution in [0.1, 0.15) is 6.42 Å². The molecule has 0 aliphatic carbocycles. The molecule has 1 unspecified atom stereocenters. The zero-order valence-electron chi connectivity index (χ0n) is 9.88. The number of hydrogen-bond acceptors (Lipinski definition) is 4. The Hall–Kier alpha value is -2.38. The first-order valence-electron chi connectivity index (χ1n) is 5.65. The van der Waals surface area contributed by atoms with Gasteiger partial charge in [-0.3, -0.25) is 10.1 Å². The molecule has 2 N–H and O–H groups in total. The molecule has 0 bridgehead atoms. The lowest BCUT2D eigenvalue weighted by molar-refractivity contribution is -0.384. The van der Waals surface area contributed by atoms with Crippen LogP contribution in [0.15, 0.2) is 18.2 Å². The number of likely N-dealkylation sites (tertiary alicyclic amines) is 1.